The molecule has 124 valence electrons. The maximum Gasteiger partial charge on any atom is 0.323 e. The van der Waals surface area contributed by atoms with Crippen molar-refractivity contribution in [2.24, 2.45) is 0 Å². The molecule has 0 aliphatic carbocycles. The summed E-state index contributed by atoms with van der Waals surface area (Å²) in [6.07, 6.45) is 1.60. The van der Waals surface area contributed by atoms with E-state index in [2.05, 4.69) is 35.9 Å². The standard InChI is InChI=1S/C16H33N3O2/c1-6-17-16(5,14(20)21)8-7-9-18-10-12-19(13-11-18)15(2,3)4/h17H,6-13H2,1-5H3,(H,20,21). The molecular weight excluding hydrogens is 266 g/mol. The molecule has 0 spiro atoms. The third-order valence-corrected chi connectivity index (χ3v) is 4.51. The van der Waals surface area contributed by atoms with Gasteiger partial charge in [0.1, 0.15) is 5.54 Å². The Kier molecular flexibility index (Phi) is 6.63. The van der Waals surface area contributed by atoms with Crippen molar-refractivity contribution < 1.29 is 9.90 Å². The van der Waals surface area contributed by atoms with E-state index in [-0.39, 0.29) is 5.54 Å². The number of carbonyl (C=O) groups is 1. The minimum atomic E-state index is -0.790. The Hall–Kier alpha value is -0.650. The van der Waals surface area contributed by atoms with Crippen LogP contribution in [0.25, 0.3) is 0 Å². The fourth-order valence-electron chi connectivity index (χ4n) is 2.96. The molecule has 21 heavy (non-hydrogen) atoms. The molecule has 1 heterocycles. The van der Waals surface area contributed by atoms with Crippen LogP contribution in [-0.4, -0.2) is 71.2 Å². The van der Waals surface area contributed by atoms with Gasteiger partial charge in [0, 0.05) is 31.7 Å². The highest BCUT2D eigenvalue weighted by Gasteiger charge is 2.32. The lowest BCUT2D eigenvalue weighted by Gasteiger charge is -2.42. The van der Waals surface area contributed by atoms with E-state index in [4.69, 9.17) is 0 Å². The molecule has 0 saturated carbocycles. The van der Waals surface area contributed by atoms with Crippen LogP contribution >= 0.6 is 0 Å². The lowest BCUT2D eigenvalue weighted by molar-refractivity contribution is -0.144. The summed E-state index contributed by atoms with van der Waals surface area (Å²) in [7, 11) is 0. The average molecular weight is 299 g/mol. The predicted molar refractivity (Wildman–Crippen MR) is 86.7 cm³/mol. The van der Waals surface area contributed by atoms with Crippen molar-refractivity contribution >= 4 is 5.97 Å². The molecule has 1 rings (SSSR count). The molecule has 0 aromatic rings. The molecule has 0 aromatic heterocycles. The van der Waals surface area contributed by atoms with Crippen LogP contribution < -0.4 is 5.32 Å². The fraction of sp³-hybridized carbons (Fsp3) is 0.938. The Balaban J connectivity index is 2.33. The number of aliphatic carboxylic acids is 1. The van der Waals surface area contributed by atoms with Gasteiger partial charge in [-0.2, -0.15) is 0 Å². The quantitative estimate of drug-likeness (QED) is 0.748. The number of nitrogens with one attached hydrogen (secondary N) is 1. The Morgan fingerprint density at radius 2 is 1.71 bits per heavy atom. The van der Waals surface area contributed by atoms with Crippen LogP contribution in [0.5, 0.6) is 0 Å². The zero-order valence-electron chi connectivity index (χ0n) is 14.4. The van der Waals surface area contributed by atoms with E-state index in [1.165, 1.54) is 0 Å². The van der Waals surface area contributed by atoms with Crippen LogP contribution in [0.4, 0.5) is 0 Å². The molecule has 5 heteroatoms. The monoisotopic (exact) mass is 299 g/mol. The molecule has 2 N–H and O–H groups in total. The highest BCUT2D eigenvalue weighted by atomic mass is 16.4. The molecule has 1 saturated heterocycles. The van der Waals surface area contributed by atoms with Crippen LogP contribution in [0.15, 0.2) is 0 Å². The van der Waals surface area contributed by atoms with Gasteiger partial charge in [-0.25, -0.2) is 0 Å². The van der Waals surface area contributed by atoms with Crippen molar-refractivity contribution in [2.45, 2.75) is 58.5 Å². The molecular formula is C16H33N3O2. The van der Waals surface area contributed by atoms with Crippen LogP contribution in [0.1, 0.15) is 47.5 Å². The zero-order chi connectivity index (χ0) is 16.1. The summed E-state index contributed by atoms with van der Waals surface area (Å²) >= 11 is 0. The third kappa shape index (κ3) is 5.57. The van der Waals surface area contributed by atoms with Gasteiger partial charge in [0.05, 0.1) is 0 Å². The molecule has 1 aliphatic rings. The SMILES string of the molecule is CCNC(C)(CCCN1CCN(C(C)(C)C)CC1)C(=O)O. The molecule has 1 aliphatic heterocycles. The van der Waals surface area contributed by atoms with Crippen molar-refractivity contribution in [3.63, 3.8) is 0 Å². The first-order valence-electron chi connectivity index (χ1n) is 8.15. The number of carboxylic acids is 1. The van der Waals surface area contributed by atoms with Crippen molar-refractivity contribution in [2.75, 3.05) is 39.3 Å². The summed E-state index contributed by atoms with van der Waals surface area (Å²) in [6, 6.07) is 0. The van der Waals surface area contributed by atoms with Crippen LogP contribution in [0.2, 0.25) is 0 Å². The second kappa shape index (κ2) is 7.56. The van der Waals surface area contributed by atoms with Crippen molar-refractivity contribution in [1.82, 2.24) is 15.1 Å². The fourth-order valence-corrected chi connectivity index (χ4v) is 2.96. The number of rotatable bonds is 7. The summed E-state index contributed by atoms with van der Waals surface area (Å²) in [6.45, 7) is 16.6. The highest BCUT2D eigenvalue weighted by molar-refractivity contribution is 5.78. The summed E-state index contributed by atoms with van der Waals surface area (Å²) in [5.74, 6) is -0.748. The minimum Gasteiger partial charge on any atom is -0.480 e. The van der Waals surface area contributed by atoms with Gasteiger partial charge < -0.3 is 15.3 Å². The molecule has 1 unspecified atom stereocenters. The normalized spacial score (nSPS) is 21.2. The Bertz CT molecular complexity index is 333. The molecule has 0 amide bonds. The van der Waals surface area contributed by atoms with Gasteiger partial charge >= 0.3 is 5.97 Å². The second-order valence-corrected chi connectivity index (χ2v) is 7.27. The maximum atomic E-state index is 11.4. The molecule has 1 fully saturated rings. The topological polar surface area (TPSA) is 55.8 Å². The van der Waals surface area contributed by atoms with Gasteiger partial charge in [0.2, 0.25) is 0 Å². The van der Waals surface area contributed by atoms with E-state index < -0.39 is 11.5 Å². The highest BCUT2D eigenvalue weighted by Crippen LogP contribution is 2.17. The van der Waals surface area contributed by atoms with E-state index in [9.17, 15) is 9.90 Å². The van der Waals surface area contributed by atoms with E-state index in [0.29, 0.717) is 13.0 Å². The molecule has 0 bridgehead atoms. The third-order valence-electron chi connectivity index (χ3n) is 4.51. The number of likely N-dealkylation sites (N-methyl/N-ethyl adjacent to an activating group) is 1. The van der Waals surface area contributed by atoms with Crippen LogP contribution in [0, 0.1) is 0 Å². The van der Waals surface area contributed by atoms with Gasteiger partial charge in [-0.15, -0.1) is 0 Å². The number of piperazine rings is 1. The van der Waals surface area contributed by atoms with Gasteiger partial charge in [0.15, 0.2) is 0 Å². The molecule has 5 nitrogen and oxygen atoms in total. The average Bonchev–Trinajstić information content (AvgIpc) is 2.38. The van der Waals surface area contributed by atoms with Crippen LogP contribution in [0.3, 0.4) is 0 Å². The molecule has 1 atom stereocenters. The van der Waals surface area contributed by atoms with Gasteiger partial charge in [-0.1, -0.05) is 6.92 Å². The number of nitrogens with zero attached hydrogens (tertiary/aromatic N) is 2. The number of hydrogen-bond donors (Lipinski definition) is 2. The first kappa shape index (κ1) is 18.4. The summed E-state index contributed by atoms with van der Waals surface area (Å²) < 4.78 is 0. The first-order valence-corrected chi connectivity index (χ1v) is 8.15. The predicted octanol–water partition coefficient (Wildman–Crippen LogP) is 1.64. The summed E-state index contributed by atoms with van der Waals surface area (Å²) in [5, 5.41) is 12.4. The zero-order valence-corrected chi connectivity index (χ0v) is 14.4. The van der Waals surface area contributed by atoms with E-state index in [1.807, 2.05) is 6.92 Å². The minimum absolute atomic E-state index is 0.249. The van der Waals surface area contributed by atoms with Crippen molar-refractivity contribution in [1.29, 1.82) is 0 Å². The van der Waals surface area contributed by atoms with Gasteiger partial charge in [-0.3, -0.25) is 9.69 Å². The van der Waals surface area contributed by atoms with Crippen molar-refractivity contribution in [3.05, 3.63) is 0 Å². The van der Waals surface area contributed by atoms with Gasteiger partial charge in [0.25, 0.3) is 0 Å². The summed E-state index contributed by atoms with van der Waals surface area (Å²) in [4.78, 5) is 16.3. The van der Waals surface area contributed by atoms with Gasteiger partial charge in [-0.05, 0) is 53.6 Å². The van der Waals surface area contributed by atoms with E-state index in [0.717, 1.165) is 39.1 Å². The molecule has 0 radical (unpaired) electrons. The Morgan fingerprint density at radius 3 is 2.14 bits per heavy atom. The van der Waals surface area contributed by atoms with E-state index >= 15 is 0 Å². The summed E-state index contributed by atoms with van der Waals surface area (Å²) in [5.41, 5.74) is -0.541. The second-order valence-electron chi connectivity index (χ2n) is 7.27. The largest absolute Gasteiger partial charge is 0.480 e. The van der Waals surface area contributed by atoms with Crippen molar-refractivity contribution in [3.8, 4) is 0 Å². The lowest BCUT2D eigenvalue weighted by Crippen LogP contribution is -2.54. The van der Waals surface area contributed by atoms with E-state index in [1.54, 1.807) is 6.92 Å². The lowest BCUT2D eigenvalue weighted by atomic mass is 9.95. The molecule has 0 aromatic carbocycles. The number of carboxylic acid groups (broad SMARTS) is 1. The van der Waals surface area contributed by atoms with Crippen LogP contribution in [-0.2, 0) is 4.79 Å². The number of hydrogen-bond acceptors (Lipinski definition) is 4. The Labute approximate surface area is 129 Å². The first-order chi connectivity index (χ1) is 9.69. The maximum absolute atomic E-state index is 11.4. The smallest absolute Gasteiger partial charge is 0.323 e. The Morgan fingerprint density at radius 1 is 1.14 bits per heavy atom.